The van der Waals surface area contributed by atoms with Crippen LogP contribution >= 0.6 is 0 Å². The molecule has 1 aromatic heterocycles. The topological polar surface area (TPSA) is 114 Å². The van der Waals surface area contributed by atoms with E-state index >= 15 is 0 Å². The van der Waals surface area contributed by atoms with Crippen LogP contribution in [-0.2, 0) is 32.0 Å². The van der Waals surface area contributed by atoms with Gasteiger partial charge in [-0.2, -0.15) is 0 Å². The summed E-state index contributed by atoms with van der Waals surface area (Å²) in [5.41, 5.74) is 6.03. The van der Waals surface area contributed by atoms with Gasteiger partial charge in [0.05, 0.1) is 28.8 Å². The lowest BCUT2D eigenvalue weighted by Crippen LogP contribution is -2.68. The third kappa shape index (κ3) is 6.22. The average molecular weight is 819 g/mol. The van der Waals surface area contributed by atoms with Gasteiger partial charge in [0.15, 0.2) is 5.78 Å². The van der Waals surface area contributed by atoms with Crippen molar-refractivity contribution in [2.75, 3.05) is 13.2 Å². The summed E-state index contributed by atoms with van der Waals surface area (Å²) in [6.07, 6.45) is 11.3. The number of nitrogens with zero attached hydrogens (tertiary/aromatic N) is 2. The fraction of sp³-hybridized carbons (Fsp3) is 0.673. The molecule has 0 unspecified atom stereocenters. The van der Waals surface area contributed by atoms with Crippen molar-refractivity contribution in [1.82, 2.24) is 4.57 Å². The second kappa shape index (κ2) is 14.4. The SMILES string of the molecule is CC=c1c(Cc2cc(C)cc(C3CCOCC3)c2)c2c(n1C[C@H]1C3=C([C@H](C)C[C@@H](O)[C@@H]4OC4(C)C)C(=O)C[C@@]3(C)[C@@]3(C)CC[C@H]4C(C)(C)C(=O)CC[C@]4(C)[C@@H]3[C@@H]1O)=CC=N2. The van der Waals surface area contributed by atoms with E-state index in [4.69, 9.17) is 14.5 Å². The number of aliphatic imine (C=N–C) groups is 1. The van der Waals surface area contributed by atoms with Crippen LogP contribution in [-0.4, -0.2) is 69.7 Å². The maximum absolute atomic E-state index is 14.9. The summed E-state index contributed by atoms with van der Waals surface area (Å²) in [6.45, 7) is 23.9. The molecule has 4 aliphatic carbocycles. The molecule has 3 aliphatic heterocycles. The highest BCUT2D eigenvalue weighted by Gasteiger charge is 2.72. The Morgan fingerprint density at radius 2 is 1.73 bits per heavy atom. The van der Waals surface area contributed by atoms with E-state index in [0.717, 1.165) is 79.3 Å². The van der Waals surface area contributed by atoms with Gasteiger partial charge in [-0.25, -0.2) is 0 Å². The number of carbonyl (C=O) groups is 2. The molecule has 0 bridgehead atoms. The number of hydrogen-bond donors (Lipinski definition) is 2. The van der Waals surface area contributed by atoms with Crippen LogP contribution in [0.2, 0.25) is 0 Å². The minimum atomic E-state index is -0.745. The first-order valence-electron chi connectivity index (χ1n) is 23.2. The minimum Gasteiger partial charge on any atom is -0.392 e. The predicted molar refractivity (Wildman–Crippen MR) is 237 cm³/mol. The molecule has 8 nitrogen and oxygen atoms in total. The molecule has 2 aromatic rings. The first-order valence-corrected chi connectivity index (χ1v) is 23.2. The Kier molecular flexibility index (Phi) is 10.1. The van der Waals surface area contributed by atoms with Gasteiger partial charge in [-0.3, -0.25) is 14.6 Å². The monoisotopic (exact) mass is 819 g/mol. The number of aromatic nitrogens is 1. The number of fused-ring (bicyclic) bond motifs is 6. The van der Waals surface area contributed by atoms with Crippen molar-refractivity contribution in [3.05, 3.63) is 62.3 Å². The standard InChI is InChI=1S/C52H70N2O6/c1-11-36-34(26-31-22-29(2)23-33(25-31)32-15-20-59-21-16-32)44-37(14-19-53-44)54(36)28-35-43-42(30(3)24-38(55)47-49(6,7)60-47)39(56)27-52(43,10)51(9)18-12-40-48(4,5)41(57)13-17-50(40,8)46(51)45(35)58/h11,14,19,22-23,25,30,32,35,38,40,45-47,55,58H,12-13,15-18,20-21,24,26-28H2,1-10H3/t30-,35+,38-,40+,45-,46+,47+,50+,51+,52-/m1/s1. The Labute approximate surface area is 357 Å². The van der Waals surface area contributed by atoms with Crippen LogP contribution in [0.3, 0.4) is 0 Å². The summed E-state index contributed by atoms with van der Waals surface area (Å²) in [4.78, 5) is 33.4. The van der Waals surface area contributed by atoms with Crippen LogP contribution in [0.15, 0.2) is 34.3 Å². The van der Waals surface area contributed by atoms with Crippen molar-refractivity contribution >= 4 is 35.6 Å². The van der Waals surface area contributed by atoms with Crippen LogP contribution in [0, 0.1) is 52.3 Å². The minimum absolute atomic E-state index is 0.114. The number of epoxide rings is 1. The normalized spacial score (nSPS) is 36.7. The predicted octanol–water partition coefficient (Wildman–Crippen LogP) is 7.84. The zero-order chi connectivity index (χ0) is 42.9. The summed E-state index contributed by atoms with van der Waals surface area (Å²) >= 11 is 0. The van der Waals surface area contributed by atoms with E-state index in [9.17, 15) is 19.8 Å². The number of aliphatic hydroxyl groups is 2. The van der Waals surface area contributed by atoms with E-state index in [1.807, 2.05) is 20.1 Å². The van der Waals surface area contributed by atoms with Gasteiger partial charge in [-0.05, 0) is 129 Å². The molecule has 10 atom stereocenters. The Morgan fingerprint density at radius 3 is 2.42 bits per heavy atom. The Morgan fingerprint density at radius 1 is 1.02 bits per heavy atom. The van der Waals surface area contributed by atoms with E-state index in [2.05, 4.69) is 90.3 Å². The van der Waals surface area contributed by atoms with Crippen LogP contribution in [0.25, 0.3) is 12.2 Å². The number of ether oxygens (including phenoxy) is 2. The summed E-state index contributed by atoms with van der Waals surface area (Å²) < 4.78 is 14.0. The molecule has 0 radical (unpaired) electrons. The van der Waals surface area contributed by atoms with E-state index < -0.39 is 23.0 Å². The Balaban J connectivity index is 1.17. The van der Waals surface area contributed by atoms with Crippen LogP contribution in [0.4, 0.5) is 5.69 Å². The third-order valence-electron chi connectivity index (χ3n) is 17.9. The van der Waals surface area contributed by atoms with Gasteiger partial charge >= 0.3 is 0 Å². The number of Topliss-reactive ketones (excluding diaryl/α,β-unsaturated/α-hetero) is 2. The summed E-state index contributed by atoms with van der Waals surface area (Å²) in [7, 11) is 0. The lowest BCUT2D eigenvalue weighted by molar-refractivity contribution is -0.220. The van der Waals surface area contributed by atoms with E-state index in [1.54, 1.807) is 0 Å². The maximum Gasteiger partial charge on any atom is 0.160 e. The number of allylic oxidation sites excluding steroid dienone is 1. The van der Waals surface area contributed by atoms with Gasteiger partial charge in [0, 0.05) is 72.9 Å². The molecular weight excluding hydrogens is 749 g/mol. The smallest absolute Gasteiger partial charge is 0.160 e. The van der Waals surface area contributed by atoms with Crippen molar-refractivity contribution in [3.8, 4) is 0 Å². The highest BCUT2D eigenvalue weighted by Crippen LogP contribution is 2.75. The maximum atomic E-state index is 14.9. The zero-order valence-corrected chi connectivity index (χ0v) is 38.0. The molecule has 324 valence electrons. The number of benzene rings is 1. The van der Waals surface area contributed by atoms with Gasteiger partial charge in [-0.1, -0.05) is 71.4 Å². The highest BCUT2D eigenvalue weighted by atomic mass is 16.6. The number of hydrogen-bond acceptors (Lipinski definition) is 7. The van der Waals surface area contributed by atoms with Crippen molar-refractivity contribution < 1.29 is 29.3 Å². The van der Waals surface area contributed by atoms with E-state index in [-0.39, 0.29) is 52.0 Å². The molecule has 4 heterocycles. The average Bonchev–Trinajstić information content (AvgIpc) is 3.44. The van der Waals surface area contributed by atoms with Crippen LogP contribution in [0.1, 0.15) is 142 Å². The van der Waals surface area contributed by atoms with Gasteiger partial charge in [0.2, 0.25) is 0 Å². The molecule has 0 spiro atoms. The second-order valence-corrected chi connectivity index (χ2v) is 22.1. The van der Waals surface area contributed by atoms with Gasteiger partial charge in [0.1, 0.15) is 11.9 Å². The van der Waals surface area contributed by atoms with Crippen molar-refractivity contribution in [3.63, 3.8) is 0 Å². The molecule has 9 rings (SSSR count). The molecular formula is C52H70N2O6. The summed E-state index contributed by atoms with van der Waals surface area (Å²) in [5, 5.41) is 27.1. The van der Waals surface area contributed by atoms with Crippen LogP contribution in [0.5, 0.6) is 0 Å². The first-order chi connectivity index (χ1) is 28.3. The van der Waals surface area contributed by atoms with Gasteiger partial charge < -0.3 is 24.3 Å². The Hall–Kier alpha value is -3.17. The van der Waals surface area contributed by atoms with Gasteiger partial charge in [-0.15, -0.1) is 0 Å². The first kappa shape index (κ1) is 42.1. The van der Waals surface area contributed by atoms with Crippen molar-refractivity contribution in [2.24, 2.45) is 50.3 Å². The third-order valence-corrected chi connectivity index (χ3v) is 17.9. The van der Waals surface area contributed by atoms with Gasteiger partial charge in [0.25, 0.3) is 0 Å². The number of ketones is 2. The van der Waals surface area contributed by atoms with E-state index in [1.165, 1.54) is 22.3 Å². The largest absolute Gasteiger partial charge is 0.392 e. The molecule has 3 saturated carbocycles. The Bertz CT molecular complexity index is 2310. The molecule has 5 fully saturated rings. The molecule has 1 aromatic carbocycles. The quantitative estimate of drug-likeness (QED) is 0.250. The molecule has 60 heavy (non-hydrogen) atoms. The molecule has 2 N–H and O–H groups in total. The van der Waals surface area contributed by atoms with Crippen molar-refractivity contribution in [2.45, 2.75) is 163 Å². The molecule has 2 saturated heterocycles. The van der Waals surface area contributed by atoms with E-state index in [0.29, 0.717) is 37.5 Å². The number of aliphatic hydroxyl groups excluding tert-OH is 2. The molecule has 7 aliphatic rings. The number of carbonyl (C=O) groups excluding carboxylic acids is 2. The molecule has 8 heteroatoms. The highest BCUT2D eigenvalue weighted by molar-refractivity contribution is 6.01. The second-order valence-electron chi connectivity index (χ2n) is 22.1. The molecule has 0 amide bonds. The number of aryl methyl sites for hydroxylation is 1. The summed E-state index contributed by atoms with van der Waals surface area (Å²) in [6, 6.07) is 7.05. The lowest BCUT2D eigenvalue weighted by Gasteiger charge is -2.70. The number of rotatable bonds is 9. The summed E-state index contributed by atoms with van der Waals surface area (Å²) in [5.74, 6) is 0.461. The lowest BCUT2D eigenvalue weighted by atomic mass is 9.34. The zero-order valence-electron chi connectivity index (χ0n) is 38.0. The van der Waals surface area contributed by atoms with Crippen molar-refractivity contribution in [1.29, 1.82) is 0 Å². The van der Waals surface area contributed by atoms with Crippen LogP contribution < -0.4 is 10.7 Å². The fourth-order valence-electron chi connectivity index (χ4n) is 14.9. The fourth-order valence-corrected chi connectivity index (χ4v) is 14.9.